The molecule has 1 aliphatic heterocycles. The Hall–Kier alpha value is -4.18. The minimum Gasteiger partial charge on any atom is -0.497 e. The lowest BCUT2D eigenvalue weighted by molar-refractivity contribution is -0.119. The number of aromatic nitrogens is 2. The molecule has 10 nitrogen and oxygen atoms in total. The molecule has 2 heterocycles. The predicted octanol–water partition coefficient (Wildman–Crippen LogP) is 2.32. The SMILES string of the molecule is COc1ccc(Cc2c(C(O)c3ccc(OC)cc3)nc(/N=C3/NC(=O)N(C)C3=O)n2C)cc1. The zero-order chi connectivity index (χ0) is 24.4. The van der Waals surface area contributed by atoms with Gasteiger partial charge >= 0.3 is 6.03 Å². The van der Waals surface area contributed by atoms with Crippen molar-refractivity contribution in [2.75, 3.05) is 21.3 Å². The Labute approximate surface area is 196 Å². The van der Waals surface area contributed by atoms with Crippen LogP contribution in [0.1, 0.15) is 28.6 Å². The second-order valence-corrected chi connectivity index (χ2v) is 7.76. The molecule has 1 aromatic heterocycles. The second-order valence-electron chi connectivity index (χ2n) is 7.76. The van der Waals surface area contributed by atoms with E-state index >= 15 is 0 Å². The lowest BCUT2D eigenvalue weighted by atomic mass is 10.0. The fraction of sp³-hybridized carbons (Fsp3) is 0.250. The van der Waals surface area contributed by atoms with Gasteiger partial charge in [-0.25, -0.2) is 9.78 Å². The molecule has 34 heavy (non-hydrogen) atoms. The highest BCUT2D eigenvalue weighted by Gasteiger charge is 2.33. The maximum absolute atomic E-state index is 12.3. The average molecular weight is 463 g/mol. The van der Waals surface area contributed by atoms with Crippen molar-refractivity contribution < 1.29 is 24.2 Å². The summed E-state index contributed by atoms with van der Waals surface area (Å²) < 4.78 is 12.1. The van der Waals surface area contributed by atoms with Crippen LogP contribution in [0.15, 0.2) is 53.5 Å². The Kier molecular flexibility index (Phi) is 6.33. The van der Waals surface area contributed by atoms with Crippen LogP contribution in [0, 0.1) is 0 Å². The van der Waals surface area contributed by atoms with Crippen LogP contribution in [0.2, 0.25) is 0 Å². The Morgan fingerprint density at radius 3 is 2.12 bits per heavy atom. The number of aliphatic hydroxyl groups is 1. The lowest BCUT2D eigenvalue weighted by Gasteiger charge is -2.13. The fourth-order valence-electron chi connectivity index (χ4n) is 3.61. The number of carbonyl (C=O) groups excluding carboxylic acids is 2. The summed E-state index contributed by atoms with van der Waals surface area (Å²) in [6, 6.07) is 14.0. The van der Waals surface area contributed by atoms with Crippen LogP contribution in [0.4, 0.5) is 10.7 Å². The van der Waals surface area contributed by atoms with Gasteiger partial charge in [0.2, 0.25) is 11.8 Å². The number of likely N-dealkylation sites (N-methyl/N-ethyl adjacent to an activating group) is 1. The number of hydrogen-bond acceptors (Lipinski definition) is 7. The number of methoxy groups -OCH3 is 2. The molecule has 1 fully saturated rings. The molecule has 1 atom stereocenters. The number of nitrogens with one attached hydrogen (secondary N) is 1. The van der Waals surface area contributed by atoms with Crippen LogP contribution >= 0.6 is 0 Å². The van der Waals surface area contributed by atoms with Crippen LogP contribution in [0.3, 0.4) is 0 Å². The normalized spacial score (nSPS) is 15.6. The average Bonchev–Trinajstić information content (AvgIpc) is 3.29. The van der Waals surface area contributed by atoms with Gasteiger partial charge in [-0.15, -0.1) is 0 Å². The van der Waals surface area contributed by atoms with E-state index in [1.54, 1.807) is 50.1 Å². The number of urea groups is 1. The summed E-state index contributed by atoms with van der Waals surface area (Å²) in [7, 11) is 6.29. The third-order valence-electron chi connectivity index (χ3n) is 5.69. The van der Waals surface area contributed by atoms with Crippen molar-refractivity contribution in [3.8, 4) is 11.5 Å². The lowest BCUT2D eigenvalue weighted by Crippen LogP contribution is -2.25. The summed E-state index contributed by atoms with van der Waals surface area (Å²) in [4.78, 5) is 33.9. The number of ether oxygens (including phenoxy) is 2. The summed E-state index contributed by atoms with van der Waals surface area (Å²) >= 11 is 0. The maximum atomic E-state index is 12.3. The first-order valence-electron chi connectivity index (χ1n) is 10.5. The van der Waals surface area contributed by atoms with Crippen molar-refractivity contribution in [3.05, 3.63) is 71.0 Å². The van der Waals surface area contributed by atoms with Crippen molar-refractivity contribution in [3.63, 3.8) is 0 Å². The van der Waals surface area contributed by atoms with E-state index in [4.69, 9.17) is 9.47 Å². The Bertz CT molecular complexity index is 1250. The molecule has 0 radical (unpaired) electrons. The Morgan fingerprint density at radius 2 is 1.59 bits per heavy atom. The highest BCUT2D eigenvalue weighted by atomic mass is 16.5. The smallest absolute Gasteiger partial charge is 0.329 e. The molecule has 1 unspecified atom stereocenters. The van der Waals surface area contributed by atoms with E-state index in [0.717, 1.165) is 16.2 Å². The first-order chi connectivity index (χ1) is 16.3. The van der Waals surface area contributed by atoms with E-state index in [9.17, 15) is 14.7 Å². The zero-order valence-electron chi connectivity index (χ0n) is 19.3. The molecular weight excluding hydrogens is 438 g/mol. The molecule has 3 aromatic rings. The molecule has 2 aromatic carbocycles. The molecule has 4 rings (SSSR count). The largest absolute Gasteiger partial charge is 0.497 e. The number of aliphatic hydroxyl groups excluding tert-OH is 1. The van der Waals surface area contributed by atoms with Crippen molar-refractivity contribution in [2.45, 2.75) is 12.5 Å². The molecule has 2 N–H and O–H groups in total. The van der Waals surface area contributed by atoms with Crippen LogP contribution in [0.25, 0.3) is 0 Å². The number of carbonyl (C=O) groups is 2. The van der Waals surface area contributed by atoms with Gasteiger partial charge in [0.05, 0.1) is 19.9 Å². The van der Waals surface area contributed by atoms with E-state index in [2.05, 4.69) is 15.3 Å². The zero-order valence-corrected chi connectivity index (χ0v) is 19.3. The number of amidine groups is 1. The maximum Gasteiger partial charge on any atom is 0.329 e. The third-order valence-corrected chi connectivity index (χ3v) is 5.69. The standard InChI is InChI=1S/C24H25N5O5/c1-28-18(13-14-5-9-16(33-3)10-6-14)19(20(30)15-7-11-17(34-4)12-8-15)25-23(28)26-21-22(31)29(2)24(32)27-21/h5-12,20,30H,13H2,1-4H3,(H,25,26,27,32). The minimum absolute atomic E-state index is 0.123. The Balaban J connectivity index is 1.76. The topological polar surface area (TPSA) is 118 Å². The van der Waals surface area contributed by atoms with Gasteiger partial charge < -0.3 is 19.1 Å². The van der Waals surface area contributed by atoms with Crippen LogP contribution in [-0.4, -0.2) is 58.6 Å². The van der Waals surface area contributed by atoms with E-state index in [1.807, 2.05) is 24.3 Å². The van der Waals surface area contributed by atoms with Crippen LogP contribution in [-0.2, 0) is 18.3 Å². The first kappa shape index (κ1) is 23.0. The van der Waals surface area contributed by atoms with Gasteiger partial charge in [0.25, 0.3) is 5.91 Å². The molecule has 1 aliphatic rings. The van der Waals surface area contributed by atoms with E-state index in [-0.39, 0.29) is 11.8 Å². The summed E-state index contributed by atoms with van der Waals surface area (Å²) in [5, 5.41) is 13.6. The number of rotatable bonds is 7. The van der Waals surface area contributed by atoms with Gasteiger partial charge in [-0.3, -0.25) is 15.0 Å². The molecule has 10 heteroatoms. The molecule has 0 aliphatic carbocycles. The number of nitrogens with zero attached hydrogens (tertiary/aromatic N) is 4. The number of aliphatic imine (C=N–C) groups is 1. The number of hydrogen-bond donors (Lipinski definition) is 2. The van der Waals surface area contributed by atoms with Gasteiger partial charge in [0.15, 0.2) is 0 Å². The number of imide groups is 1. The van der Waals surface area contributed by atoms with Gasteiger partial charge in [-0.05, 0) is 35.4 Å². The van der Waals surface area contributed by atoms with E-state index in [1.165, 1.54) is 7.05 Å². The van der Waals surface area contributed by atoms with Crippen molar-refractivity contribution >= 4 is 23.7 Å². The van der Waals surface area contributed by atoms with Crippen molar-refractivity contribution in [1.82, 2.24) is 19.8 Å². The number of benzene rings is 2. The van der Waals surface area contributed by atoms with Crippen LogP contribution < -0.4 is 14.8 Å². The Morgan fingerprint density at radius 1 is 1.00 bits per heavy atom. The van der Waals surface area contributed by atoms with Crippen LogP contribution in [0.5, 0.6) is 11.5 Å². The fourth-order valence-corrected chi connectivity index (χ4v) is 3.61. The summed E-state index contributed by atoms with van der Waals surface area (Å²) in [6.07, 6.45) is -0.600. The summed E-state index contributed by atoms with van der Waals surface area (Å²) in [5.74, 6) is 0.912. The molecule has 0 saturated carbocycles. The summed E-state index contributed by atoms with van der Waals surface area (Å²) in [5.41, 5.74) is 2.70. The second kappa shape index (κ2) is 9.36. The van der Waals surface area contributed by atoms with E-state index in [0.29, 0.717) is 29.1 Å². The molecule has 0 spiro atoms. The quantitative estimate of drug-likeness (QED) is 0.519. The minimum atomic E-state index is -1.05. The highest BCUT2D eigenvalue weighted by molar-refractivity contribution is 6.47. The molecule has 176 valence electrons. The van der Waals surface area contributed by atoms with Gasteiger partial charge in [-0.1, -0.05) is 24.3 Å². The van der Waals surface area contributed by atoms with Gasteiger partial charge in [-0.2, -0.15) is 4.99 Å². The van der Waals surface area contributed by atoms with Gasteiger partial charge in [0, 0.05) is 26.2 Å². The third kappa shape index (κ3) is 4.35. The molecule has 0 bridgehead atoms. The molecule has 1 saturated heterocycles. The van der Waals surface area contributed by atoms with Gasteiger partial charge in [0.1, 0.15) is 17.6 Å². The van der Waals surface area contributed by atoms with Crippen molar-refractivity contribution in [2.24, 2.45) is 12.0 Å². The highest BCUT2D eigenvalue weighted by Crippen LogP contribution is 2.30. The van der Waals surface area contributed by atoms with Crippen molar-refractivity contribution in [1.29, 1.82) is 0 Å². The van der Waals surface area contributed by atoms with E-state index < -0.39 is 18.0 Å². The first-order valence-corrected chi connectivity index (χ1v) is 10.5. The molecular formula is C24H25N5O5. The molecule has 3 amide bonds. The predicted molar refractivity (Wildman–Crippen MR) is 124 cm³/mol. The number of imidazole rings is 1. The summed E-state index contributed by atoms with van der Waals surface area (Å²) in [6.45, 7) is 0. The monoisotopic (exact) mass is 463 g/mol. The number of amides is 3.